The number of hydrogen-bond donors (Lipinski definition) is 1. The highest BCUT2D eigenvalue weighted by Crippen LogP contribution is 2.34. The number of ether oxygens (including phenoxy) is 1. The van der Waals surface area contributed by atoms with Gasteiger partial charge in [-0.2, -0.15) is 0 Å². The number of H-pyrrole nitrogens is 1. The summed E-state index contributed by atoms with van der Waals surface area (Å²) in [5, 5.41) is 0. The van der Waals surface area contributed by atoms with E-state index in [1.54, 1.807) is 19.2 Å². The first-order valence-corrected chi connectivity index (χ1v) is 7.77. The van der Waals surface area contributed by atoms with E-state index in [2.05, 4.69) is 11.1 Å². The topological polar surface area (TPSA) is 28.3 Å². The average Bonchev–Trinajstić information content (AvgIpc) is 2.92. The lowest BCUT2D eigenvalue weighted by atomic mass is 9.94. The van der Waals surface area contributed by atoms with Crippen LogP contribution in [0, 0.1) is 5.82 Å². The molecule has 0 spiro atoms. The van der Waals surface area contributed by atoms with E-state index < -0.39 is 0 Å². The van der Waals surface area contributed by atoms with Crippen LogP contribution in [0.15, 0.2) is 24.4 Å². The second-order valence-corrected chi connectivity index (χ2v) is 5.94. The number of halogens is 1. The molecule has 2 heterocycles. The second kappa shape index (κ2) is 5.20. The number of aryl methyl sites for hydroxylation is 1. The zero-order valence-electron chi connectivity index (χ0n) is 12.7. The monoisotopic (exact) mass is 298 g/mol. The summed E-state index contributed by atoms with van der Waals surface area (Å²) in [6.07, 6.45) is 8.91. The smallest absolute Gasteiger partial charge is 0.150 e. The number of anilines is 1. The Labute approximate surface area is 129 Å². The molecule has 0 unspecified atom stereocenters. The number of fused-ring (bicyclic) bond motifs is 3. The molecule has 3 nitrogen and oxygen atoms in total. The van der Waals surface area contributed by atoms with Gasteiger partial charge >= 0.3 is 0 Å². The molecular formula is C18H19FN2O. The maximum Gasteiger partial charge on any atom is 0.150 e. The Balaban J connectivity index is 1.67. The second-order valence-electron chi connectivity index (χ2n) is 5.94. The van der Waals surface area contributed by atoms with E-state index >= 15 is 0 Å². The Morgan fingerprint density at radius 2 is 2.05 bits per heavy atom. The first-order valence-electron chi connectivity index (χ1n) is 7.77. The van der Waals surface area contributed by atoms with E-state index in [9.17, 15) is 4.39 Å². The van der Waals surface area contributed by atoms with Gasteiger partial charge in [-0.1, -0.05) is 0 Å². The van der Waals surface area contributed by atoms with Gasteiger partial charge in [-0.15, -0.1) is 0 Å². The van der Waals surface area contributed by atoms with E-state index in [0.717, 1.165) is 12.8 Å². The molecule has 2 aromatic rings. The minimum Gasteiger partial charge on any atom is -0.497 e. The summed E-state index contributed by atoms with van der Waals surface area (Å²) in [5.41, 5.74) is 5.94. The van der Waals surface area contributed by atoms with Crippen LogP contribution in [0.1, 0.15) is 35.4 Å². The molecule has 1 aliphatic heterocycles. The summed E-state index contributed by atoms with van der Waals surface area (Å²) in [7, 11) is 1.55. The molecule has 114 valence electrons. The van der Waals surface area contributed by atoms with Crippen LogP contribution in [0.25, 0.3) is 6.08 Å². The predicted octanol–water partition coefficient (Wildman–Crippen LogP) is 4.03. The fourth-order valence-corrected chi connectivity index (χ4v) is 3.50. The van der Waals surface area contributed by atoms with Gasteiger partial charge in [0.1, 0.15) is 5.75 Å². The van der Waals surface area contributed by atoms with E-state index in [0.29, 0.717) is 18.0 Å². The van der Waals surface area contributed by atoms with Crippen molar-refractivity contribution in [1.29, 1.82) is 0 Å². The summed E-state index contributed by atoms with van der Waals surface area (Å²) >= 11 is 0. The van der Waals surface area contributed by atoms with Crippen molar-refractivity contribution in [3.63, 3.8) is 0 Å². The normalized spacial score (nSPS) is 16.4. The summed E-state index contributed by atoms with van der Waals surface area (Å²) in [6, 6.07) is 4.99. The SMILES string of the molecule is COc1ccc(N2C=Cc3c([nH]c4c3CCCC4)C2)c(F)c1. The van der Waals surface area contributed by atoms with Crippen molar-refractivity contribution < 1.29 is 9.13 Å². The van der Waals surface area contributed by atoms with Gasteiger partial charge in [-0.3, -0.25) is 0 Å². The molecule has 0 amide bonds. The van der Waals surface area contributed by atoms with Crippen molar-refractivity contribution >= 4 is 11.8 Å². The first-order chi connectivity index (χ1) is 10.8. The zero-order valence-corrected chi connectivity index (χ0v) is 12.7. The fraction of sp³-hybridized carbons (Fsp3) is 0.333. The molecule has 0 saturated heterocycles. The molecule has 4 heteroatoms. The molecule has 22 heavy (non-hydrogen) atoms. The molecular weight excluding hydrogens is 279 g/mol. The molecule has 1 aromatic heterocycles. The summed E-state index contributed by atoms with van der Waals surface area (Å²) < 4.78 is 19.3. The Bertz CT molecular complexity index is 748. The Morgan fingerprint density at radius 1 is 1.18 bits per heavy atom. The molecule has 0 radical (unpaired) electrons. The minimum absolute atomic E-state index is 0.260. The van der Waals surface area contributed by atoms with Crippen molar-refractivity contribution in [3.05, 3.63) is 52.7 Å². The third-order valence-corrected chi connectivity index (χ3v) is 4.63. The number of benzene rings is 1. The molecule has 0 atom stereocenters. The van der Waals surface area contributed by atoms with Gasteiger partial charge in [-0.25, -0.2) is 4.39 Å². The molecule has 1 aliphatic carbocycles. The quantitative estimate of drug-likeness (QED) is 0.906. The van der Waals surface area contributed by atoms with Crippen LogP contribution in [-0.2, 0) is 19.4 Å². The Hall–Kier alpha value is -2.23. The van der Waals surface area contributed by atoms with E-state index in [1.807, 2.05) is 11.1 Å². The molecule has 0 fully saturated rings. The molecule has 2 aliphatic rings. The van der Waals surface area contributed by atoms with Crippen LogP contribution >= 0.6 is 0 Å². The van der Waals surface area contributed by atoms with E-state index in [1.165, 1.54) is 41.4 Å². The van der Waals surface area contributed by atoms with Crippen molar-refractivity contribution in [2.45, 2.75) is 32.2 Å². The number of rotatable bonds is 2. The highest BCUT2D eigenvalue weighted by molar-refractivity contribution is 5.67. The number of aromatic amines is 1. The van der Waals surface area contributed by atoms with Crippen molar-refractivity contribution in [3.8, 4) is 5.75 Å². The van der Waals surface area contributed by atoms with Gasteiger partial charge in [0.05, 0.1) is 19.3 Å². The van der Waals surface area contributed by atoms with Gasteiger partial charge < -0.3 is 14.6 Å². The highest BCUT2D eigenvalue weighted by Gasteiger charge is 2.23. The van der Waals surface area contributed by atoms with Crippen LogP contribution in [-0.4, -0.2) is 12.1 Å². The largest absolute Gasteiger partial charge is 0.497 e. The average molecular weight is 298 g/mol. The number of methoxy groups -OCH3 is 1. The minimum atomic E-state index is -0.260. The van der Waals surface area contributed by atoms with Gasteiger partial charge in [0.25, 0.3) is 0 Å². The van der Waals surface area contributed by atoms with Crippen LogP contribution in [0.5, 0.6) is 5.75 Å². The molecule has 4 rings (SSSR count). The Morgan fingerprint density at radius 3 is 2.86 bits per heavy atom. The van der Waals surface area contributed by atoms with Crippen LogP contribution in [0.3, 0.4) is 0 Å². The third kappa shape index (κ3) is 2.10. The first kappa shape index (κ1) is 13.4. The van der Waals surface area contributed by atoms with Crippen molar-refractivity contribution in [2.75, 3.05) is 12.0 Å². The van der Waals surface area contributed by atoms with Crippen molar-refractivity contribution in [1.82, 2.24) is 4.98 Å². The summed E-state index contributed by atoms with van der Waals surface area (Å²) in [5.74, 6) is 0.280. The fourth-order valence-electron chi connectivity index (χ4n) is 3.50. The highest BCUT2D eigenvalue weighted by atomic mass is 19.1. The maximum atomic E-state index is 14.3. The third-order valence-electron chi connectivity index (χ3n) is 4.63. The maximum absolute atomic E-state index is 14.3. The molecule has 1 aromatic carbocycles. The van der Waals surface area contributed by atoms with Crippen LogP contribution < -0.4 is 9.64 Å². The van der Waals surface area contributed by atoms with E-state index in [4.69, 9.17) is 4.74 Å². The number of nitrogens with zero attached hydrogens (tertiary/aromatic N) is 1. The predicted molar refractivity (Wildman–Crippen MR) is 85.6 cm³/mol. The van der Waals surface area contributed by atoms with Gasteiger partial charge in [-0.05, 0) is 49.5 Å². The Kier molecular flexibility index (Phi) is 3.17. The lowest BCUT2D eigenvalue weighted by molar-refractivity contribution is 0.411. The van der Waals surface area contributed by atoms with Crippen LogP contribution in [0.4, 0.5) is 10.1 Å². The van der Waals surface area contributed by atoms with Gasteiger partial charge in [0.15, 0.2) is 5.82 Å². The molecule has 0 bridgehead atoms. The summed E-state index contributed by atoms with van der Waals surface area (Å²) in [4.78, 5) is 5.50. The summed E-state index contributed by atoms with van der Waals surface area (Å²) in [6.45, 7) is 0.683. The van der Waals surface area contributed by atoms with Gasteiger partial charge in [0, 0.05) is 29.2 Å². The standard InChI is InChI=1S/C18H19FN2O/c1-22-12-6-7-18(15(19)10-12)21-9-8-14-13-4-2-3-5-16(13)20-17(14)11-21/h6-10,20H,2-5,11H2,1H3. The number of nitrogens with one attached hydrogen (secondary N) is 1. The van der Waals surface area contributed by atoms with Crippen molar-refractivity contribution in [2.24, 2.45) is 0 Å². The number of hydrogen-bond acceptors (Lipinski definition) is 2. The number of aromatic nitrogens is 1. The zero-order chi connectivity index (χ0) is 15.1. The van der Waals surface area contributed by atoms with E-state index in [-0.39, 0.29) is 5.82 Å². The van der Waals surface area contributed by atoms with Crippen LogP contribution in [0.2, 0.25) is 0 Å². The molecule has 1 N–H and O–H groups in total. The lowest BCUT2D eigenvalue weighted by Crippen LogP contribution is -2.20. The lowest BCUT2D eigenvalue weighted by Gasteiger charge is -2.24. The molecule has 0 saturated carbocycles. The van der Waals surface area contributed by atoms with Gasteiger partial charge in [0.2, 0.25) is 0 Å².